The molecule has 0 aliphatic carbocycles. The van der Waals surface area contributed by atoms with Crippen LogP contribution in [-0.2, 0) is 17.9 Å². The lowest BCUT2D eigenvalue weighted by Crippen LogP contribution is -2.29. The number of nitrogens with one attached hydrogen (secondary N) is 1. The van der Waals surface area contributed by atoms with Gasteiger partial charge >= 0.3 is 5.69 Å². The maximum Gasteiger partial charge on any atom is 0.352 e. The van der Waals surface area contributed by atoms with Gasteiger partial charge < -0.3 is 10.1 Å². The summed E-state index contributed by atoms with van der Waals surface area (Å²) >= 11 is 1.29. The lowest BCUT2D eigenvalue weighted by Gasteiger charge is -2.09. The van der Waals surface area contributed by atoms with Crippen LogP contribution in [0.15, 0.2) is 45.3 Å². The van der Waals surface area contributed by atoms with E-state index in [4.69, 9.17) is 4.74 Å². The maximum absolute atomic E-state index is 13.1. The third-order valence-corrected chi connectivity index (χ3v) is 5.57. The van der Waals surface area contributed by atoms with Crippen LogP contribution >= 0.6 is 11.3 Å². The van der Waals surface area contributed by atoms with E-state index in [9.17, 15) is 14.4 Å². The molecule has 3 heterocycles. The van der Waals surface area contributed by atoms with Crippen molar-refractivity contribution in [3.8, 4) is 5.75 Å². The normalized spacial score (nSPS) is 11.5. The molecule has 1 N–H and O–H groups in total. The van der Waals surface area contributed by atoms with Gasteiger partial charge in [-0.1, -0.05) is 13.8 Å². The molecule has 31 heavy (non-hydrogen) atoms. The van der Waals surface area contributed by atoms with Gasteiger partial charge in [0.15, 0.2) is 0 Å². The van der Waals surface area contributed by atoms with Gasteiger partial charge in [0.2, 0.25) is 11.7 Å². The second-order valence-electron chi connectivity index (χ2n) is 7.53. The van der Waals surface area contributed by atoms with Gasteiger partial charge in [0.05, 0.1) is 12.1 Å². The second-order valence-corrected chi connectivity index (χ2v) is 8.44. The number of benzene rings is 1. The first kappa shape index (κ1) is 20.9. The van der Waals surface area contributed by atoms with Crippen LogP contribution in [-0.4, -0.2) is 31.3 Å². The summed E-state index contributed by atoms with van der Waals surface area (Å²) in [4.78, 5) is 38.5. The highest BCUT2D eigenvalue weighted by Crippen LogP contribution is 2.18. The molecular weight excluding hydrogens is 418 g/mol. The number of hydrogen-bond donors (Lipinski definition) is 1. The van der Waals surface area contributed by atoms with Crippen molar-refractivity contribution < 1.29 is 9.53 Å². The van der Waals surface area contributed by atoms with E-state index in [1.54, 1.807) is 35.7 Å². The van der Waals surface area contributed by atoms with Crippen LogP contribution in [0.5, 0.6) is 5.75 Å². The van der Waals surface area contributed by atoms with Crippen molar-refractivity contribution in [2.24, 2.45) is 5.92 Å². The third-order valence-electron chi connectivity index (χ3n) is 4.68. The summed E-state index contributed by atoms with van der Waals surface area (Å²) in [5.41, 5.74) is 0.454. The van der Waals surface area contributed by atoms with Crippen LogP contribution in [0, 0.1) is 5.92 Å². The Morgan fingerprint density at radius 3 is 2.61 bits per heavy atom. The number of nitrogens with zero attached hydrogens (tertiary/aromatic N) is 4. The lowest BCUT2D eigenvalue weighted by atomic mass is 10.2. The summed E-state index contributed by atoms with van der Waals surface area (Å²) < 4.78 is 9.88. The van der Waals surface area contributed by atoms with E-state index in [1.165, 1.54) is 20.3 Å². The first-order valence-electron chi connectivity index (χ1n) is 10.0. The molecule has 3 aromatic heterocycles. The van der Waals surface area contributed by atoms with Gasteiger partial charge in [0, 0.05) is 12.2 Å². The Balaban J connectivity index is 1.68. The topological polar surface area (TPSA) is 99.6 Å². The van der Waals surface area contributed by atoms with Crippen molar-refractivity contribution in [2.75, 3.05) is 11.9 Å². The summed E-state index contributed by atoms with van der Waals surface area (Å²) in [6.45, 7) is 6.58. The predicted molar refractivity (Wildman–Crippen MR) is 120 cm³/mol. The van der Waals surface area contributed by atoms with Crippen molar-refractivity contribution >= 4 is 38.9 Å². The van der Waals surface area contributed by atoms with E-state index in [1.807, 2.05) is 20.8 Å². The van der Waals surface area contributed by atoms with E-state index in [-0.39, 0.29) is 23.8 Å². The quantitative estimate of drug-likeness (QED) is 0.475. The molecule has 4 rings (SSSR count). The summed E-state index contributed by atoms with van der Waals surface area (Å²) in [5.74, 6) is 0.736. The molecule has 0 spiro atoms. The number of ether oxygens (including phenoxy) is 1. The Bertz CT molecular complexity index is 1360. The molecule has 0 atom stereocenters. The Morgan fingerprint density at radius 1 is 1.19 bits per heavy atom. The van der Waals surface area contributed by atoms with E-state index in [0.29, 0.717) is 34.8 Å². The molecule has 0 bridgehead atoms. The number of thiophene rings is 1. The Morgan fingerprint density at radius 2 is 1.94 bits per heavy atom. The Kier molecular flexibility index (Phi) is 5.64. The van der Waals surface area contributed by atoms with E-state index in [2.05, 4.69) is 10.4 Å². The van der Waals surface area contributed by atoms with Crippen molar-refractivity contribution in [2.45, 2.75) is 33.9 Å². The zero-order valence-corrected chi connectivity index (χ0v) is 18.3. The smallest absolute Gasteiger partial charge is 0.352 e. The number of hydrogen-bond acceptors (Lipinski definition) is 6. The van der Waals surface area contributed by atoms with Gasteiger partial charge in [-0.15, -0.1) is 16.4 Å². The molecule has 1 amide bonds. The highest BCUT2D eigenvalue weighted by Gasteiger charge is 2.20. The zero-order chi connectivity index (χ0) is 22.1. The fraction of sp³-hybridized carbons (Fsp3) is 0.333. The maximum atomic E-state index is 13.1. The molecule has 0 saturated carbocycles. The van der Waals surface area contributed by atoms with Crippen molar-refractivity contribution in [3.63, 3.8) is 0 Å². The fourth-order valence-corrected chi connectivity index (χ4v) is 4.23. The Labute approximate surface area is 181 Å². The van der Waals surface area contributed by atoms with Crippen LogP contribution in [0.3, 0.4) is 0 Å². The number of amides is 1. The average molecular weight is 442 g/mol. The van der Waals surface area contributed by atoms with Crippen LogP contribution < -0.4 is 21.3 Å². The molecule has 10 heteroatoms. The molecule has 0 aliphatic heterocycles. The monoisotopic (exact) mass is 441 g/mol. The highest BCUT2D eigenvalue weighted by atomic mass is 32.1. The van der Waals surface area contributed by atoms with Gasteiger partial charge in [-0.3, -0.25) is 14.2 Å². The first-order valence-corrected chi connectivity index (χ1v) is 10.9. The van der Waals surface area contributed by atoms with Gasteiger partial charge in [-0.2, -0.15) is 0 Å². The number of carbonyl (C=O) groups is 1. The third kappa shape index (κ3) is 3.98. The molecule has 0 aliphatic rings. The molecule has 0 fully saturated rings. The lowest BCUT2D eigenvalue weighted by molar-refractivity contribution is -0.117. The molecule has 4 aromatic rings. The summed E-state index contributed by atoms with van der Waals surface area (Å²) in [7, 11) is 0. The standard InChI is InChI=1S/C21H23N5O4S/c1-4-30-15-7-5-14(6-8-15)22-17(27)12-25-21(29)26-16-9-10-31-18(16)19(28)24(11-13(2)3)20(26)23-25/h5-10,13H,4,11-12H2,1-3H3,(H,22,27). The van der Waals surface area contributed by atoms with Crippen LogP contribution in [0.25, 0.3) is 16.0 Å². The summed E-state index contributed by atoms with van der Waals surface area (Å²) in [6, 6.07) is 8.69. The highest BCUT2D eigenvalue weighted by molar-refractivity contribution is 7.17. The number of fused-ring (bicyclic) bond motifs is 3. The van der Waals surface area contributed by atoms with Crippen molar-refractivity contribution in [1.29, 1.82) is 0 Å². The first-order chi connectivity index (χ1) is 14.9. The van der Waals surface area contributed by atoms with E-state index in [0.717, 1.165) is 4.68 Å². The SMILES string of the molecule is CCOc1ccc(NC(=O)Cn2nc3n(CC(C)C)c(=O)c4sccc4n3c2=O)cc1. The van der Waals surface area contributed by atoms with Crippen LogP contribution in [0.4, 0.5) is 5.69 Å². The van der Waals surface area contributed by atoms with Crippen molar-refractivity contribution in [1.82, 2.24) is 18.7 Å². The fourth-order valence-electron chi connectivity index (χ4n) is 3.40. The van der Waals surface area contributed by atoms with Gasteiger partial charge in [-0.25, -0.2) is 13.9 Å². The minimum Gasteiger partial charge on any atom is -0.494 e. The van der Waals surface area contributed by atoms with Crippen molar-refractivity contribution in [3.05, 3.63) is 56.5 Å². The zero-order valence-electron chi connectivity index (χ0n) is 17.5. The largest absolute Gasteiger partial charge is 0.494 e. The van der Waals surface area contributed by atoms with Gasteiger partial charge in [0.25, 0.3) is 5.56 Å². The molecule has 9 nitrogen and oxygen atoms in total. The molecule has 162 valence electrons. The number of rotatable bonds is 7. The molecule has 0 unspecified atom stereocenters. The second kappa shape index (κ2) is 8.38. The predicted octanol–water partition coefficient (Wildman–Crippen LogP) is 2.57. The van der Waals surface area contributed by atoms with E-state index >= 15 is 0 Å². The van der Waals surface area contributed by atoms with Crippen LogP contribution in [0.2, 0.25) is 0 Å². The summed E-state index contributed by atoms with van der Waals surface area (Å²) in [5, 5.41) is 8.85. The summed E-state index contributed by atoms with van der Waals surface area (Å²) in [6.07, 6.45) is 0. The van der Waals surface area contributed by atoms with Gasteiger partial charge in [0.1, 0.15) is 17.0 Å². The molecule has 0 radical (unpaired) electrons. The number of carbonyl (C=O) groups excluding carboxylic acids is 1. The number of aromatic nitrogens is 4. The van der Waals surface area contributed by atoms with Gasteiger partial charge in [-0.05, 0) is 48.6 Å². The molecule has 1 aromatic carbocycles. The molecule has 0 saturated heterocycles. The average Bonchev–Trinajstić information content (AvgIpc) is 3.32. The van der Waals surface area contributed by atoms with E-state index < -0.39 is 11.6 Å². The van der Waals surface area contributed by atoms with Crippen LogP contribution in [0.1, 0.15) is 20.8 Å². The number of anilines is 1. The minimum atomic E-state index is -0.460. The molecular formula is C21H23N5O4S. The minimum absolute atomic E-state index is 0.179. The Hall–Kier alpha value is -3.40.